The van der Waals surface area contributed by atoms with Gasteiger partial charge in [-0.25, -0.2) is 0 Å². The number of esters is 1. The number of amides is 2. The summed E-state index contributed by atoms with van der Waals surface area (Å²) in [5.74, 6) is -0.0369. The Labute approximate surface area is 157 Å². The highest BCUT2D eigenvalue weighted by molar-refractivity contribution is 5.98. The van der Waals surface area contributed by atoms with Crippen LogP contribution in [0.1, 0.15) is 43.0 Å². The molecule has 5 rings (SSSR count). The van der Waals surface area contributed by atoms with Crippen molar-refractivity contribution in [3.05, 3.63) is 29.8 Å². The Kier molecular flexibility index (Phi) is 4.53. The number of ether oxygens (including phenoxy) is 2. The first-order chi connectivity index (χ1) is 13.0. The summed E-state index contributed by atoms with van der Waals surface area (Å²) in [6.45, 7) is 1.92. The maximum atomic E-state index is 12.6. The van der Waals surface area contributed by atoms with Crippen LogP contribution in [0.5, 0.6) is 5.75 Å². The van der Waals surface area contributed by atoms with E-state index in [9.17, 15) is 14.4 Å². The summed E-state index contributed by atoms with van der Waals surface area (Å²) in [4.78, 5) is 36.6. The number of hydrogen-bond acceptors (Lipinski definition) is 5. The summed E-state index contributed by atoms with van der Waals surface area (Å²) >= 11 is 0. The van der Waals surface area contributed by atoms with E-state index in [2.05, 4.69) is 10.6 Å². The SMILES string of the molecule is CCOC(=O)CNC(=O)[C@@H]1C[C@H]2CC[C@H]1C[C@@]21NC(=O)c2ccccc2O1. The average molecular weight is 372 g/mol. The van der Waals surface area contributed by atoms with Crippen LogP contribution in [0.3, 0.4) is 0 Å². The van der Waals surface area contributed by atoms with E-state index in [0.717, 1.165) is 12.8 Å². The first-order valence-electron chi connectivity index (χ1n) is 9.56. The molecule has 0 aromatic heterocycles. The molecule has 144 valence electrons. The van der Waals surface area contributed by atoms with Crippen LogP contribution in [-0.2, 0) is 14.3 Å². The van der Waals surface area contributed by atoms with Crippen LogP contribution in [0, 0.1) is 17.8 Å². The van der Waals surface area contributed by atoms with Crippen LogP contribution >= 0.6 is 0 Å². The smallest absolute Gasteiger partial charge is 0.325 e. The molecule has 1 heterocycles. The van der Waals surface area contributed by atoms with Gasteiger partial charge in [-0.2, -0.15) is 0 Å². The average Bonchev–Trinajstić information content (AvgIpc) is 2.66. The van der Waals surface area contributed by atoms with E-state index < -0.39 is 11.7 Å². The third kappa shape index (κ3) is 3.15. The van der Waals surface area contributed by atoms with Gasteiger partial charge in [0, 0.05) is 18.3 Å². The summed E-state index contributed by atoms with van der Waals surface area (Å²) in [5, 5.41) is 5.77. The van der Waals surface area contributed by atoms with Crippen LogP contribution in [-0.4, -0.2) is 36.7 Å². The lowest BCUT2D eigenvalue weighted by Gasteiger charge is -2.55. The second kappa shape index (κ2) is 6.87. The fourth-order valence-corrected chi connectivity index (χ4v) is 4.78. The molecule has 0 saturated heterocycles. The molecule has 1 spiro atoms. The van der Waals surface area contributed by atoms with E-state index in [1.165, 1.54) is 0 Å². The molecule has 7 heteroatoms. The quantitative estimate of drug-likeness (QED) is 0.784. The van der Waals surface area contributed by atoms with Crippen molar-refractivity contribution in [3.8, 4) is 5.75 Å². The number of fused-ring (bicyclic) bond motifs is 3. The fraction of sp³-hybridized carbons (Fsp3) is 0.550. The summed E-state index contributed by atoms with van der Waals surface area (Å²) in [6.07, 6.45) is 3.08. The minimum atomic E-state index is -0.730. The molecule has 4 atom stereocenters. The van der Waals surface area contributed by atoms with E-state index in [-0.39, 0.29) is 36.1 Å². The van der Waals surface area contributed by atoms with E-state index in [1.807, 2.05) is 18.2 Å². The van der Waals surface area contributed by atoms with Gasteiger partial charge >= 0.3 is 5.97 Å². The fourth-order valence-electron chi connectivity index (χ4n) is 4.78. The third-order valence-corrected chi connectivity index (χ3v) is 6.02. The number of hydrogen-bond donors (Lipinski definition) is 2. The molecule has 1 aromatic carbocycles. The molecule has 4 aliphatic rings. The van der Waals surface area contributed by atoms with Crippen molar-refractivity contribution in [2.45, 2.75) is 38.3 Å². The van der Waals surface area contributed by atoms with Crippen molar-refractivity contribution in [1.82, 2.24) is 10.6 Å². The summed E-state index contributed by atoms with van der Waals surface area (Å²) in [7, 11) is 0. The van der Waals surface area contributed by atoms with Gasteiger partial charge in [-0.1, -0.05) is 12.1 Å². The van der Waals surface area contributed by atoms with Gasteiger partial charge in [-0.3, -0.25) is 14.4 Å². The highest BCUT2D eigenvalue weighted by Crippen LogP contribution is 2.52. The van der Waals surface area contributed by atoms with E-state index >= 15 is 0 Å². The molecule has 0 unspecified atom stereocenters. The minimum Gasteiger partial charge on any atom is -0.467 e. The molecule has 1 aromatic rings. The second-order valence-corrected chi connectivity index (χ2v) is 7.55. The number of carbonyl (C=O) groups excluding carboxylic acids is 3. The lowest BCUT2D eigenvalue weighted by Crippen LogP contribution is -2.67. The lowest BCUT2D eigenvalue weighted by atomic mass is 9.60. The Balaban J connectivity index is 1.46. The van der Waals surface area contributed by atoms with Gasteiger partial charge in [-0.05, 0) is 44.2 Å². The Morgan fingerprint density at radius 2 is 2.15 bits per heavy atom. The van der Waals surface area contributed by atoms with Gasteiger partial charge in [0.15, 0.2) is 5.72 Å². The van der Waals surface area contributed by atoms with Gasteiger partial charge in [0.1, 0.15) is 12.3 Å². The molecule has 7 nitrogen and oxygen atoms in total. The number of nitrogens with one attached hydrogen (secondary N) is 2. The zero-order chi connectivity index (χ0) is 19.0. The number of benzene rings is 1. The third-order valence-electron chi connectivity index (χ3n) is 6.02. The van der Waals surface area contributed by atoms with Crippen LogP contribution in [0.4, 0.5) is 0 Å². The molecule has 2 bridgehead atoms. The maximum absolute atomic E-state index is 12.6. The lowest BCUT2D eigenvalue weighted by molar-refractivity contribution is -0.150. The number of rotatable bonds is 4. The molecule has 2 amide bonds. The van der Waals surface area contributed by atoms with Crippen molar-refractivity contribution >= 4 is 17.8 Å². The molecular formula is C20H24N2O5. The predicted molar refractivity (Wildman–Crippen MR) is 95.8 cm³/mol. The van der Waals surface area contributed by atoms with Crippen molar-refractivity contribution < 1.29 is 23.9 Å². The summed E-state index contributed by atoms with van der Waals surface area (Å²) < 4.78 is 11.1. The largest absolute Gasteiger partial charge is 0.467 e. The topological polar surface area (TPSA) is 93.7 Å². The highest BCUT2D eigenvalue weighted by Gasteiger charge is 2.57. The Hall–Kier alpha value is -2.57. The molecule has 27 heavy (non-hydrogen) atoms. The van der Waals surface area contributed by atoms with Crippen LogP contribution in [0.25, 0.3) is 0 Å². The molecule has 2 N–H and O–H groups in total. The predicted octanol–water partition coefficient (Wildman–Crippen LogP) is 1.62. The van der Waals surface area contributed by atoms with Gasteiger partial charge in [0.25, 0.3) is 5.91 Å². The Bertz CT molecular complexity index is 779. The van der Waals surface area contributed by atoms with Crippen LogP contribution < -0.4 is 15.4 Å². The van der Waals surface area contributed by atoms with E-state index in [0.29, 0.717) is 30.8 Å². The van der Waals surface area contributed by atoms with Crippen LogP contribution in [0.15, 0.2) is 24.3 Å². The Morgan fingerprint density at radius 1 is 1.33 bits per heavy atom. The highest BCUT2D eigenvalue weighted by atomic mass is 16.5. The van der Waals surface area contributed by atoms with E-state index in [4.69, 9.17) is 9.47 Å². The standard InChI is InChI=1S/C20H24N2O5/c1-2-26-17(23)11-21-18(24)15-9-13-8-7-12(15)10-20(13)22-19(25)14-5-3-4-6-16(14)27-20/h3-6,12-13,15H,2,7-11H2,1H3,(H,21,24)(H,22,25)/t12-,13+,15+,20-/m0/s1. The minimum absolute atomic E-state index is 0.0677. The van der Waals surface area contributed by atoms with E-state index in [1.54, 1.807) is 13.0 Å². The van der Waals surface area contributed by atoms with Gasteiger partial charge in [0.2, 0.25) is 5.91 Å². The molecule has 3 aliphatic carbocycles. The first kappa shape index (κ1) is 17.8. The van der Waals surface area contributed by atoms with Gasteiger partial charge in [-0.15, -0.1) is 0 Å². The summed E-state index contributed by atoms with van der Waals surface area (Å²) in [5.41, 5.74) is -0.181. The van der Waals surface area contributed by atoms with Gasteiger partial charge < -0.3 is 20.1 Å². The summed E-state index contributed by atoms with van der Waals surface area (Å²) in [6, 6.07) is 7.25. The molecule has 3 saturated carbocycles. The first-order valence-corrected chi connectivity index (χ1v) is 9.56. The second-order valence-electron chi connectivity index (χ2n) is 7.55. The number of para-hydroxylation sites is 1. The molecular weight excluding hydrogens is 348 g/mol. The van der Waals surface area contributed by atoms with Crippen molar-refractivity contribution in [2.24, 2.45) is 17.8 Å². The zero-order valence-electron chi connectivity index (χ0n) is 15.3. The van der Waals surface area contributed by atoms with Crippen molar-refractivity contribution in [1.29, 1.82) is 0 Å². The van der Waals surface area contributed by atoms with Crippen molar-refractivity contribution in [3.63, 3.8) is 0 Å². The van der Waals surface area contributed by atoms with Crippen LogP contribution in [0.2, 0.25) is 0 Å². The normalized spacial score (nSPS) is 30.9. The molecule has 0 radical (unpaired) electrons. The van der Waals surface area contributed by atoms with Gasteiger partial charge in [0.05, 0.1) is 12.2 Å². The molecule has 1 aliphatic heterocycles. The maximum Gasteiger partial charge on any atom is 0.325 e. The van der Waals surface area contributed by atoms with Crippen molar-refractivity contribution in [2.75, 3.05) is 13.2 Å². The zero-order valence-corrected chi connectivity index (χ0v) is 15.3. The Morgan fingerprint density at radius 3 is 2.89 bits per heavy atom. The number of carbonyl (C=O) groups is 3. The monoisotopic (exact) mass is 372 g/mol. The molecule has 3 fully saturated rings.